The van der Waals surface area contributed by atoms with Crippen LogP contribution in [0.1, 0.15) is 72.6 Å². The third-order valence-corrected chi connectivity index (χ3v) is 6.96. The molecule has 6 nitrogen and oxygen atoms in total. The van der Waals surface area contributed by atoms with Gasteiger partial charge in [-0.2, -0.15) is 0 Å². The van der Waals surface area contributed by atoms with E-state index in [-0.39, 0.29) is 29.8 Å². The van der Waals surface area contributed by atoms with Crippen LogP contribution in [0.15, 0.2) is 0 Å². The predicted octanol–water partition coefficient (Wildman–Crippen LogP) is 3.47. The molecular formula is C21H29NO5. The van der Waals surface area contributed by atoms with Crippen molar-refractivity contribution >= 4 is 17.7 Å². The van der Waals surface area contributed by atoms with Gasteiger partial charge in [-0.15, -0.1) is 0 Å². The van der Waals surface area contributed by atoms with E-state index in [0.717, 1.165) is 6.42 Å². The Bertz CT molecular complexity index is 791. The molecule has 6 heteroatoms. The van der Waals surface area contributed by atoms with Gasteiger partial charge >= 0.3 is 11.9 Å². The molecule has 148 valence electrons. The summed E-state index contributed by atoms with van der Waals surface area (Å²) >= 11 is 0. The van der Waals surface area contributed by atoms with Crippen LogP contribution >= 0.6 is 0 Å². The molecule has 0 aliphatic heterocycles. The van der Waals surface area contributed by atoms with Gasteiger partial charge in [0.25, 0.3) is 0 Å². The zero-order valence-corrected chi connectivity index (χ0v) is 17.0. The van der Waals surface area contributed by atoms with Crippen LogP contribution in [-0.4, -0.2) is 35.9 Å². The molecule has 1 aromatic heterocycles. The summed E-state index contributed by atoms with van der Waals surface area (Å²) in [5.74, 6) is 0.365. The van der Waals surface area contributed by atoms with Crippen molar-refractivity contribution in [2.75, 3.05) is 7.11 Å². The Morgan fingerprint density at radius 3 is 2.41 bits per heavy atom. The Morgan fingerprint density at radius 1 is 1.22 bits per heavy atom. The van der Waals surface area contributed by atoms with Crippen LogP contribution in [0.5, 0.6) is 0 Å². The molecule has 27 heavy (non-hydrogen) atoms. The second kappa shape index (κ2) is 6.80. The summed E-state index contributed by atoms with van der Waals surface area (Å²) < 4.78 is 10.6. The van der Waals surface area contributed by atoms with Crippen molar-refractivity contribution in [3.63, 3.8) is 0 Å². The topological polar surface area (TPSA) is 85.5 Å². The van der Waals surface area contributed by atoms with Crippen LogP contribution in [0.4, 0.5) is 0 Å². The molecule has 2 bridgehead atoms. The molecule has 0 saturated heterocycles. The van der Waals surface area contributed by atoms with Crippen molar-refractivity contribution in [2.45, 2.75) is 60.0 Å². The van der Waals surface area contributed by atoms with Crippen molar-refractivity contribution in [2.24, 2.45) is 23.2 Å². The van der Waals surface area contributed by atoms with Crippen molar-refractivity contribution < 1.29 is 23.9 Å². The molecule has 0 radical (unpaired) electrons. The second-order valence-corrected chi connectivity index (χ2v) is 8.69. The largest absolute Gasteiger partial charge is 0.465 e. The SMILES string of the molecule is COC(=O)c1c(CC(=O)O[C@H]2C[C@H]3C[C@@H]([C@@H]2C)C3(C)C)[nH]c(C(C)=O)c1C. The lowest BCUT2D eigenvalue weighted by Crippen LogP contribution is -2.57. The van der Waals surface area contributed by atoms with E-state index in [2.05, 4.69) is 25.8 Å². The number of fused-ring (bicyclic) bond motifs is 2. The number of Topliss-reactive ketones (excluding diaryl/α,β-unsaturated/α-hetero) is 1. The van der Waals surface area contributed by atoms with Crippen molar-refractivity contribution in [1.82, 2.24) is 4.98 Å². The molecule has 3 saturated carbocycles. The Morgan fingerprint density at radius 2 is 1.89 bits per heavy atom. The van der Waals surface area contributed by atoms with Gasteiger partial charge in [0.1, 0.15) is 6.10 Å². The van der Waals surface area contributed by atoms with Gasteiger partial charge in [0.05, 0.1) is 24.8 Å². The Labute approximate surface area is 160 Å². The molecule has 0 spiro atoms. The monoisotopic (exact) mass is 375 g/mol. The first-order valence-corrected chi connectivity index (χ1v) is 9.58. The fraction of sp³-hybridized carbons (Fsp3) is 0.667. The summed E-state index contributed by atoms with van der Waals surface area (Å²) in [6.45, 7) is 9.85. The Kier molecular flexibility index (Phi) is 4.95. The Hall–Kier alpha value is -2.11. The molecule has 0 amide bonds. The number of aromatic amines is 1. The van der Waals surface area contributed by atoms with Gasteiger partial charge in [-0.3, -0.25) is 9.59 Å². The third-order valence-electron chi connectivity index (χ3n) is 6.96. The number of hydrogen-bond acceptors (Lipinski definition) is 5. The molecule has 4 rings (SSSR count). The third kappa shape index (κ3) is 3.19. The number of rotatable bonds is 5. The van der Waals surface area contributed by atoms with E-state index < -0.39 is 5.97 Å². The number of H-pyrrole nitrogens is 1. The highest BCUT2D eigenvalue weighted by molar-refractivity contribution is 6.01. The molecule has 4 atom stereocenters. The first-order chi connectivity index (χ1) is 12.6. The summed E-state index contributed by atoms with van der Waals surface area (Å²) in [6, 6.07) is 0. The van der Waals surface area contributed by atoms with Crippen LogP contribution in [0.25, 0.3) is 0 Å². The van der Waals surface area contributed by atoms with Crippen molar-refractivity contribution in [3.8, 4) is 0 Å². The fourth-order valence-corrected chi connectivity index (χ4v) is 5.13. The summed E-state index contributed by atoms with van der Waals surface area (Å²) in [6.07, 6.45) is 1.94. The van der Waals surface area contributed by atoms with E-state index >= 15 is 0 Å². The minimum absolute atomic E-state index is 0.0828. The van der Waals surface area contributed by atoms with Gasteiger partial charge in [-0.1, -0.05) is 20.8 Å². The Balaban J connectivity index is 1.74. The van der Waals surface area contributed by atoms with E-state index in [9.17, 15) is 14.4 Å². The summed E-state index contributed by atoms with van der Waals surface area (Å²) in [5.41, 5.74) is 1.79. The van der Waals surface area contributed by atoms with Crippen LogP contribution in [0, 0.1) is 30.1 Å². The number of esters is 2. The minimum Gasteiger partial charge on any atom is -0.465 e. The van der Waals surface area contributed by atoms with E-state index in [1.807, 2.05) is 0 Å². The maximum Gasteiger partial charge on any atom is 0.339 e. The second-order valence-electron chi connectivity index (χ2n) is 8.69. The molecule has 3 aliphatic carbocycles. The van der Waals surface area contributed by atoms with Gasteiger partial charge in [-0.25, -0.2) is 4.79 Å². The lowest BCUT2D eigenvalue weighted by molar-refractivity contribution is -0.185. The minimum atomic E-state index is -0.562. The smallest absolute Gasteiger partial charge is 0.339 e. The first kappa shape index (κ1) is 19.6. The van der Waals surface area contributed by atoms with Crippen molar-refractivity contribution in [1.29, 1.82) is 0 Å². The van der Waals surface area contributed by atoms with E-state index in [1.54, 1.807) is 6.92 Å². The summed E-state index contributed by atoms with van der Waals surface area (Å²) in [5, 5.41) is 0. The average Bonchev–Trinajstić information content (AvgIpc) is 2.91. The van der Waals surface area contributed by atoms with E-state index in [1.165, 1.54) is 20.5 Å². The van der Waals surface area contributed by atoms with Crippen LogP contribution in [-0.2, 0) is 20.7 Å². The van der Waals surface area contributed by atoms with Gasteiger partial charge < -0.3 is 14.5 Å². The first-order valence-electron chi connectivity index (χ1n) is 9.58. The summed E-state index contributed by atoms with van der Waals surface area (Å²) in [4.78, 5) is 39.4. The molecular weight excluding hydrogens is 346 g/mol. The highest BCUT2D eigenvalue weighted by Gasteiger charge is 2.57. The molecule has 1 aromatic rings. The molecule has 3 aliphatic rings. The highest BCUT2D eigenvalue weighted by atomic mass is 16.5. The standard InChI is InChI=1S/C21H29NO5/c1-10-14-7-13(21(14,4)5)8-16(10)27-17(24)9-15-18(20(25)26-6)11(2)19(22-15)12(3)23/h10,13-14,16,22H,7-9H2,1-6H3/t10-,13+,14-,16-/m0/s1. The number of methoxy groups -OCH3 is 1. The number of ketones is 1. The maximum absolute atomic E-state index is 12.6. The quantitative estimate of drug-likeness (QED) is 0.629. The van der Waals surface area contributed by atoms with Gasteiger partial charge in [0.2, 0.25) is 0 Å². The van der Waals surface area contributed by atoms with Crippen molar-refractivity contribution in [3.05, 3.63) is 22.5 Å². The van der Waals surface area contributed by atoms with Crippen LogP contribution in [0.3, 0.4) is 0 Å². The predicted molar refractivity (Wildman–Crippen MR) is 99.6 cm³/mol. The number of carbonyl (C=O) groups is 3. The lowest BCUT2D eigenvalue weighted by atomic mass is 9.45. The van der Waals surface area contributed by atoms with Gasteiger partial charge in [-0.05, 0) is 48.5 Å². The normalized spacial score (nSPS) is 28.2. The molecule has 0 unspecified atom stereocenters. The number of carbonyl (C=O) groups excluding carboxylic acids is 3. The van der Waals surface area contributed by atoms with Gasteiger partial charge in [0.15, 0.2) is 5.78 Å². The molecule has 1 heterocycles. The zero-order valence-electron chi connectivity index (χ0n) is 17.0. The van der Waals surface area contributed by atoms with Gasteiger partial charge in [0, 0.05) is 12.6 Å². The maximum atomic E-state index is 12.6. The van der Waals surface area contributed by atoms with E-state index in [4.69, 9.17) is 9.47 Å². The zero-order chi connectivity index (χ0) is 20.1. The summed E-state index contributed by atoms with van der Waals surface area (Å²) in [7, 11) is 1.28. The average molecular weight is 375 g/mol. The van der Waals surface area contributed by atoms with Crippen LogP contribution < -0.4 is 0 Å². The van der Waals surface area contributed by atoms with E-state index in [0.29, 0.717) is 40.1 Å². The number of aromatic nitrogens is 1. The number of ether oxygens (including phenoxy) is 2. The van der Waals surface area contributed by atoms with Crippen LogP contribution in [0.2, 0.25) is 0 Å². The lowest BCUT2D eigenvalue weighted by Gasteiger charge is -2.61. The number of nitrogens with one attached hydrogen (secondary N) is 1. The number of hydrogen-bond donors (Lipinski definition) is 1. The molecule has 3 fully saturated rings. The molecule has 0 aromatic carbocycles. The molecule has 1 N–H and O–H groups in total. The fourth-order valence-electron chi connectivity index (χ4n) is 5.13. The highest BCUT2D eigenvalue weighted by Crippen LogP contribution is 2.61.